The number of aliphatic carboxylic acids is 1. The number of hydrogen-bond acceptors (Lipinski definition) is 5. The largest absolute Gasteiger partial charge is 0.481 e. The summed E-state index contributed by atoms with van der Waals surface area (Å²) in [7, 11) is 0. The van der Waals surface area contributed by atoms with E-state index in [0.29, 0.717) is 38.8 Å². The molecule has 3 aromatic rings. The summed E-state index contributed by atoms with van der Waals surface area (Å²) in [4.78, 5) is 41.5. The van der Waals surface area contributed by atoms with Crippen molar-refractivity contribution in [3.63, 3.8) is 0 Å². The molecule has 0 aliphatic carbocycles. The zero-order chi connectivity index (χ0) is 39.2. The van der Waals surface area contributed by atoms with E-state index in [1.54, 1.807) is 13.8 Å². The van der Waals surface area contributed by atoms with Crippen molar-refractivity contribution < 1.29 is 45.8 Å². The van der Waals surface area contributed by atoms with E-state index in [9.17, 15) is 37.1 Å². The van der Waals surface area contributed by atoms with Crippen LogP contribution >= 0.6 is 0 Å². The number of carboxylic acids is 1. The first-order chi connectivity index (χ1) is 24.9. The van der Waals surface area contributed by atoms with Gasteiger partial charge in [-0.3, -0.25) is 14.4 Å². The number of halogens is 6. The fourth-order valence-electron chi connectivity index (χ4n) is 6.80. The number of nitrogens with zero attached hydrogens (tertiary/aromatic N) is 2. The smallest absolute Gasteiger partial charge is 0.416 e. The van der Waals surface area contributed by atoms with Crippen molar-refractivity contribution in [3.8, 4) is 23.0 Å². The van der Waals surface area contributed by atoms with Gasteiger partial charge in [0.15, 0.2) is 0 Å². The number of amides is 1. The summed E-state index contributed by atoms with van der Waals surface area (Å²) in [5.41, 5.74) is -2.88. The lowest BCUT2D eigenvalue weighted by molar-refractivity contribution is -0.139. The third kappa shape index (κ3) is 10.1. The molecular weight excluding hydrogens is 704 g/mol. The van der Waals surface area contributed by atoms with E-state index in [-0.39, 0.29) is 58.7 Å². The highest BCUT2D eigenvalue weighted by Crippen LogP contribution is 2.38. The van der Waals surface area contributed by atoms with E-state index in [4.69, 9.17) is 4.74 Å². The minimum absolute atomic E-state index is 0.0883. The molecule has 0 radical (unpaired) electrons. The Labute approximate surface area is 304 Å². The van der Waals surface area contributed by atoms with Crippen LogP contribution in [0, 0.1) is 49.1 Å². The lowest BCUT2D eigenvalue weighted by atomic mass is 9.88. The number of hydrogen-bond donors (Lipinski definition) is 2. The molecule has 2 heterocycles. The fraction of sp³-hybridized carbons (Fsp3) is 0.462. The summed E-state index contributed by atoms with van der Waals surface area (Å²) < 4.78 is 95.8. The molecule has 0 spiro atoms. The van der Waals surface area contributed by atoms with Crippen molar-refractivity contribution in [2.75, 3.05) is 32.8 Å². The van der Waals surface area contributed by atoms with Crippen molar-refractivity contribution in [2.24, 2.45) is 5.92 Å². The molecule has 0 saturated carbocycles. The van der Waals surface area contributed by atoms with Gasteiger partial charge in [0.05, 0.1) is 24.6 Å². The van der Waals surface area contributed by atoms with Gasteiger partial charge >= 0.3 is 12.1 Å². The van der Waals surface area contributed by atoms with Crippen LogP contribution in [0.15, 0.2) is 35.3 Å². The third-order valence-corrected chi connectivity index (χ3v) is 9.12. The summed E-state index contributed by atoms with van der Waals surface area (Å²) in [6, 6.07) is 0.320. The average molecular weight is 748 g/mol. The second-order valence-corrected chi connectivity index (χ2v) is 13.6. The lowest BCUT2D eigenvalue weighted by Gasteiger charge is -2.27. The zero-order valence-corrected chi connectivity index (χ0v) is 30.2. The number of aromatic nitrogens is 1. The van der Waals surface area contributed by atoms with E-state index >= 15 is 8.78 Å². The highest BCUT2D eigenvalue weighted by atomic mass is 19.4. The van der Waals surface area contributed by atoms with Gasteiger partial charge in [0, 0.05) is 55.2 Å². The molecule has 286 valence electrons. The van der Waals surface area contributed by atoms with Crippen LogP contribution in [0.2, 0.25) is 0 Å². The third-order valence-electron chi connectivity index (χ3n) is 9.12. The second kappa shape index (κ2) is 17.5. The lowest BCUT2D eigenvalue weighted by Crippen LogP contribution is -2.41. The Bertz CT molecular complexity index is 1930. The van der Waals surface area contributed by atoms with E-state index in [1.807, 2.05) is 4.90 Å². The van der Waals surface area contributed by atoms with Crippen molar-refractivity contribution in [1.82, 2.24) is 14.8 Å². The molecule has 2 aromatic carbocycles. The topological polar surface area (TPSA) is 101 Å². The predicted octanol–water partition coefficient (Wildman–Crippen LogP) is 7.12. The number of carboxylic acid groups (broad SMARTS) is 1. The minimum Gasteiger partial charge on any atom is -0.481 e. The van der Waals surface area contributed by atoms with Gasteiger partial charge in [0.1, 0.15) is 23.5 Å². The quantitative estimate of drug-likeness (QED) is 0.151. The maximum Gasteiger partial charge on any atom is 0.416 e. The molecule has 0 unspecified atom stereocenters. The monoisotopic (exact) mass is 747 g/mol. The zero-order valence-electron chi connectivity index (χ0n) is 30.2. The molecule has 14 heteroatoms. The molecule has 1 aliphatic heterocycles. The van der Waals surface area contributed by atoms with Gasteiger partial charge in [0.25, 0.3) is 5.56 Å². The number of nitrogens with one attached hydrogen (secondary N) is 1. The molecule has 1 saturated heterocycles. The molecule has 4 rings (SSSR count). The number of pyridine rings is 1. The number of aryl methyl sites for hydroxylation is 2. The van der Waals surface area contributed by atoms with Crippen molar-refractivity contribution in [1.29, 1.82) is 0 Å². The molecule has 1 fully saturated rings. The summed E-state index contributed by atoms with van der Waals surface area (Å²) in [5, 5.41) is 12.2. The van der Waals surface area contributed by atoms with Crippen molar-refractivity contribution in [3.05, 3.63) is 91.6 Å². The average Bonchev–Trinajstić information content (AvgIpc) is 3.32. The van der Waals surface area contributed by atoms with Crippen LogP contribution in [-0.4, -0.2) is 59.3 Å². The SMILES string of the molecule is CC#Cc1cc(F)c([C@H](CC(=O)O)NC(=O)[C@H](CC(C)C)n2cc(CCN3CCCOCC3)c(C(F)(F)F)cc2=O)c(F)c1-c1c(C)cc(F)cc1C. The number of carbonyl (C=O) groups excluding carboxylic acids is 1. The normalized spacial score (nSPS) is 15.0. The standard InChI is InChI=1S/C39H43F6N3O5/c1-6-8-25-18-29(41)36(37(42)35(25)34-23(4)16-27(40)17-24(34)5)30(20-33(50)51)46-38(52)31(15-22(2)3)48-21-26(28(19-32(48)49)39(43,44)45)9-11-47-10-7-13-53-14-12-47/h16-19,21-22,30-31H,7,9-15,20H2,1-5H3,(H,46,52)(H,50,51)/t30-,31-/m0/s1. The maximum absolute atomic E-state index is 16.8. The predicted molar refractivity (Wildman–Crippen MR) is 187 cm³/mol. The molecule has 8 nitrogen and oxygen atoms in total. The van der Waals surface area contributed by atoms with E-state index in [1.165, 1.54) is 20.8 Å². The Morgan fingerprint density at radius 2 is 1.70 bits per heavy atom. The first kappa shape index (κ1) is 41.2. The number of alkyl halides is 3. The van der Waals surface area contributed by atoms with Crippen LogP contribution < -0.4 is 10.9 Å². The Kier molecular flexibility index (Phi) is 13.6. The van der Waals surface area contributed by atoms with Crippen molar-refractivity contribution >= 4 is 11.9 Å². The van der Waals surface area contributed by atoms with Gasteiger partial charge in [-0.25, -0.2) is 13.2 Å². The highest BCUT2D eigenvalue weighted by molar-refractivity contribution is 5.83. The van der Waals surface area contributed by atoms with Gasteiger partial charge in [-0.05, 0) is 86.4 Å². The number of ether oxygens (including phenoxy) is 1. The highest BCUT2D eigenvalue weighted by Gasteiger charge is 2.37. The fourth-order valence-corrected chi connectivity index (χ4v) is 6.80. The summed E-state index contributed by atoms with van der Waals surface area (Å²) in [5.74, 6) is -0.705. The van der Waals surface area contributed by atoms with Crippen LogP contribution in [0.25, 0.3) is 11.1 Å². The van der Waals surface area contributed by atoms with Crippen LogP contribution in [0.1, 0.15) is 85.5 Å². The number of carbonyl (C=O) groups is 2. The van der Waals surface area contributed by atoms with Crippen LogP contribution in [0.4, 0.5) is 26.3 Å². The van der Waals surface area contributed by atoms with Gasteiger partial charge in [0.2, 0.25) is 5.91 Å². The summed E-state index contributed by atoms with van der Waals surface area (Å²) in [6.07, 6.45) is -4.38. The molecule has 53 heavy (non-hydrogen) atoms. The first-order valence-electron chi connectivity index (χ1n) is 17.3. The second-order valence-electron chi connectivity index (χ2n) is 13.6. The summed E-state index contributed by atoms with van der Waals surface area (Å²) >= 11 is 0. The molecule has 1 aliphatic rings. The van der Waals surface area contributed by atoms with Crippen LogP contribution in [0.3, 0.4) is 0 Å². The molecule has 1 amide bonds. The van der Waals surface area contributed by atoms with Gasteiger partial charge in [-0.15, -0.1) is 5.92 Å². The molecule has 1 aromatic heterocycles. The van der Waals surface area contributed by atoms with E-state index in [0.717, 1.165) is 29.0 Å². The Morgan fingerprint density at radius 1 is 1.02 bits per heavy atom. The van der Waals surface area contributed by atoms with Gasteiger partial charge in [-0.1, -0.05) is 19.8 Å². The van der Waals surface area contributed by atoms with Gasteiger partial charge < -0.3 is 24.6 Å². The molecule has 0 bridgehead atoms. The first-order valence-corrected chi connectivity index (χ1v) is 17.3. The minimum atomic E-state index is -4.87. The Hall–Kier alpha value is -4.61. The van der Waals surface area contributed by atoms with E-state index in [2.05, 4.69) is 17.2 Å². The number of benzene rings is 2. The Morgan fingerprint density at radius 3 is 2.30 bits per heavy atom. The van der Waals surface area contributed by atoms with Gasteiger partial charge in [-0.2, -0.15) is 13.2 Å². The molecular formula is C39H43F6N3O5. The van der Waals surface area contributed by atoms with Crippen LogP contribution in [0.5, 0.6) is 0 Å². The Balaban J connectivity index is 1.83. The number of rotatable bonds is 12. The van der Waals surface area contributed by atoms with Crippen molar-refractivity contribution in [2.45, 2.75) is 78.6 Å². The van der Waals surface area contributed by atoms with Crippen LogP contribution in [-0.2, 0) is 26.9 Å². The molecule has 2 N–H and O–H groups in total. The summed E-state index contributed by atoms with van der Waals surface area (Å²) in [6.45, 7) is 10.2. The van der Waals surface area contributed by atoms with E-state index < -0.39 is 70.7 Å². The molecule has 2 atom stereocenters. The maximum atomic E-state index is 16.8.